The van der Waals surface area contributed by atoms with Crippen LogP contribution in [0.5, 0.6) is 17.2 Å². The van der Waals surface area contributed by atoms with Gasteiger partial charge in [0.2, 0.25) is 11.7 Å². The van der Waals surface area contributed by atoms with Crippen LogP contribution >= 0.6 is 0 Å². The molecular formula is C16H20N2O4. The first-order chi connectivity index (χ1) is 10.6. The van der Waals surface area contributed by atoms with Crippen molar-refractivity contribution in [2.45, 2.75) is 25.3 Å². The number of benzene rings is 1. The van der Waals surface area contributed by atoms with Gasteiger partial charge < -0.3 is 19.5 Å². The zero-order valence-electron chi connectivity index (χ0n) is 13.0. The van der Waals surface area contributed by atoms with Gasteiger partial charge in [-0.2, -0.15) is 5.26 Å². The topological polar surface area (TPSA) is 80.6 Å². The molecule has 0 heterocycles. The molecule has 1 amide bonds. The first-order valence-corrected chi connectivity index (χ1v) is 7.14. The Morgan fingerprint density at radius 1 is 1.23 bits per heavy atom. The summed E-state index contributed by atoms with van der Waals surface area (Å²) in [6.07, 6.45) is 2.85. The lowest BCUT2D eigenvalue weighted by Gasteiger charge is -2.25. The van der Waals surface area contributed by atoms with Crippen molar-refractivity contribution in [3.8, 4) is 23.3 Å². The Balaban J connectivity index is 2.28. The fourth-order valence-electron chi connectivity index (χ4n) is 2.39. The maximum atomic E-state index is 12.1. The van der Waals surface area contributed by atoms with Crippen LogP contribution in [0.1, 0.15) is 30.9 Å². The Bertz CT molecular complexity index is 565. The molecule has 6 heteroatoms. The van der Waals surface area contributed by atoms with E-state index in [0.29, 0.717) is 22.8 Å². The van der Waals surface area contributed by atoms with Gasteiger partial charge in [-0.1, -0.05) is 6.42 Å². The molecule has 2 rings (SSSR count). The second kappa shape index (κ2) is 7.03. The molecule has 6 nitrogen and oxygen atoms in total. The molecule has 0 aromatic heterocycles. The number of hydrogen-bond donors (Lipinski definition) is 1. The summed E-state index contributed by atoms with van der Waals surface area (Å²) in [5, 5.41) is 12.1. The average molecular weight is 304 g/mol. The smallest absolute Gasteiger partial charge is 0.224 e. The fourth-order valence-corrected chi connectivity index (χ4v) is 2.39. The van der Waals surface area contributed by atoms with Crippen LogP contribution in [0.25, 0.3) is 0 Å². The first-order valence-electron chi connectivity index (χ1n) is 7.14. The van der Waals surface area contributed by atoms with Gasteiger partial charge in [0.15, 0.2) is 11.5 Å². The van der Waals surface area contributed by atoms with Gasteiger partial charge in [-0.25, -0.2) is 0 Å². The molecule has 1 saturated carbocycles. The second-order valence-electron chi connectivity index (χ2n) is 5.16. The summed E-state index contributed by atoms with van der Waals surface area (Å²) in [5.41, 5.74) is 0.602. The molecule has 1 N–H and O–H groups in total. The van der Waals surface area contributed by atoms with Gasteiger partial charge in [-0.3, -0.25) is 4.79 Å². The molecular weight excluding hydrogens is 284 g/mol. The number of carbonyl (C=O) groups excluding carboxylic acids is 1. The molecule has 1 aliphatic carbocycles. The van der Waals surface area contributed by atoms with Gasteiger partial charge in [0.25, 0.3) is 0 Å². The third-order valence-corrected chi connectivity index (χ3v) is 3.91. The number of ether oxygens (including phenoxy) is 3. The molecule has 0 bridgehead atoms. The zero-order chi connectivity index (χ0) is 16.1. The Hall–Kier alpha value is -2.42. The van der Waals surface area contributed by atoms with Gasteiger partial charge in [0, 0.05) is 5.92 Å². The second-order valence-corrected chi connectivity index (χ2v) is 5.16. The number of methoxy groups -OCH3 is 3. The predicted molar refractivity (Wildman–Crippen MR) is 79.9 cm³/mol. The summed E-state index contributed by atoms with van der Waals surface area (Å²) < 4.78 is 15.8. The molecule has 0 saturated heterocycles. The molecule has 22 heavy (non-hydrogen) atoms. The van der Waals surface area contributed by atoms with Crippen LogP contribution in [-0.2, 0) is 4.79 Å². The van der Waals surface area contributed by atoms with Gasteiger partial charge in [-0.05, 0) is 30.5 Å². The normalized spacial score (nSPS) is 15.2. The number of carbonyl (C=O) groups is 1. The van der Waals surface area contributed by atoms with Crippen LogP contribution < -0.4 is 19.5 Å². The van der Waals surface area contributed by atoms with E-state index in [9.17, 15) is 10.1 Å². The fraction of sp³-hybridized carbons (Fsp3) is 0.500. The minimum atomic E-state index is -0.748. The zero-order valence-corrected chi connectivity index (χ0v) is 13.0. The van der Waals surface area contributed by atoms with Crippen molar-refractivity contribution in [2.24, 2.45) is 5.92 Å². The van der Waals surface area contributed by atoms with Crippen LogP contribution in [0.2, 0.25) is 0 Å². The van der Waals surface area contributed by atoms with E-state index in [-0.39, 0.29) is 11.8 Å². The SMILES string of the molecule is COc1cc(C(C#N)NC(=O)C2CCC2)cc(OC)c1OC. The minimum Gasteiger partial charge on any atom is -0.493 e. The number of nitriles is 1. The number of nitrogens with zero attached hydrogens (tertiary/aromatic N) is 1. The van der Waals surface area contributed by atoms with E-state index < -0.39 is 6.04 Å². The molecule has 1 aromatic carbocycles. The van der Waals surface area contributed by atoms with Crippen LogP contribution in [0.4, 0.5) is 0 Å². The summed E-state index contributed by atoms with van der Waals surface area (Å²) in [4.78, 5) is 12.1. The van der Waals surface area contributed by atoms with E-state index in [1.165, 1.54) is 21.3 Å². The summed E-state index contributed by atoms with van der Waals surface area (Å²) in [7, 11) is 4.53. The molecule has 1 unspecified atom stereocenters. The molecule has 1 aromatic rings. The molecule has 0 aliphatic heterocycles. The van der Waals surface area contributed by atoms with Crippen LogP contribution in [0.3, 0.4) is 0 Å². The molecule has 0 radical (unpaired) electrons. The van der Waals surface area contributed by atoms with Crippen molar-refractivity contribution in [3.05, 3.63) is 17.7 Å². The predicted octanol–water partition coefficient (Wildman–Crippen LogP) is 2.19. The Labute approximate surface area is 130 Å². The van der Waals surface area contributed by atoms with Crippen LogP contribution in [0.15, 0.2) is 12.1 Å². The van der Waals surface area contributed by atoms with E-state index in [2.05, 4.69) is 11.4 Å². The van der Waals surface area contributed by atoms with E-state index in [1.54, 1.807) is 12.1 Å². The van der Waals surface area contributed by atoms with Crippen molar-refractivity contribution in [1.82, 2.24) is 5.32 Å². The third-order valence-electron chi connectivity index (χ3n) is 3.91. The number of rotatable bonds is 6. The molecule has 1 aliphatic rings. The number of hydrogen-bond acceptors (Lipinski definition) is 5. The Morgan fingerprint density at radius 2 is 1.82 bits per heavy atom. The maximum absolute atomic E-state index is 12.1. The summed E-state index contributed by atoms with van der Waals surface area (Å²) >= 11 is 0. The van der Waals surface area contributed by atoms with Gasteiger partial charge in [0.1, 0.15) is 6.04 Å². The Kier molecular flexibility index (Phi) is 5.10. The van der Waals surface area contributed by atoms with E-state index >= 15 is 0 Å². The summed E-state index contributed by atoms with van der Waals surface area (Å²) in [6, 6.07) is 4.71. The monoisotopic (exact) mass is 304 g/mol. The lowest BCUT2D eigenvalue weighted by molar-refractivity contribution is -0.127. The summed E-state index contributed by atoms with van der Waals surface area (Å²) in [5.74, 6) is 1.31. The van der Waals surface area contributed by atoms with Crippen molar-refractivity contribution in [2.75, 3.05) is 21.3 Å². The van der Waals surface area contributed by atoms with E-state index in [1.807, 2.05) is 0 Å². The average Bonchev–Trinajstić information content (AvgIpc) is 2.49. The van der Waals surface area contributed by atoms with Crippen molar-refractivity contribution in [1.29, 1.82) is 5.26 Å². The lowest BCUT2D eigenvalue weighted by atomic mass is 9.84. The van der Waals surface area contributed by atoms with Crippen LogP contribution in [-0.4, -0.2) is 27.2 Å². The van der Waals surface area contributed by atoms with Gasteiger partial charge in [-0.15, -0.1) is 0 Å². The van der Waals surface area contributed by atoms with Gasteiger partial charge in [0.05, 0.1) is 27.4 Å². The first kappa shape index (κ1) is 16.0. The summed E-state index contributed by atoms with van der Waals surface area (Å²) in [6.45, 7) is 0. The van der Waals surface area contributed by atoms with E-state index in [4.69, 9.17) is 14.2 Å². The standard InChI is InChI=1S/C16H20N2O4/c1-20-13-7-11(8-14(21-2)15(13)22-3)12(9-17)18-16(19)10-5-4-6-10/h7-8,10,12H,4-6H2,1-3H3,(H,18,19). The quantitative estimate of drug-likeness (QED) is 0.871. The highest BCUT2D eigenvalue weighted by Crippen LogP contribution is 2.39. The number of amides is 1. The molecule has 0 spiro atoms. The van der Waals surface area contributed by atoms with Crippen LogP contribution in [0, 0.1) is 17.2 Å². The highest BCUT2D eigenvalue weighted by molar-refractivity contribution is 5.80. The number of nitrogens with one attached hydrogen (secondary N) is 1. The largest absolute Gasteiger partial charge is 0.493 e. The molecule has 1 atom stereocenters. The maximum Gasteiger partial charge on any atom is 0.224 e. The third kappa shape index (κ3) is 3.08. The van der Waals surface area contributed by atoms with Crippen molar-refractivity contribution < 1.29 is 19.0 Å². The van der Waals surface area contributed by atoms with Crippen molar-refractivity contribution in [3.63, 3.8) is 0 Å². The van der Waals surface area contributed by atoms with Crippen molar-refractivity contribution >= 4 is 5.91 Å². The van der Waals surface area contributed by atoms with E-state index in [0.717, 1.165) is 19.3 Å². The highest BCUT2D eigenvalue weighted by atomic mass is 16.5. The lowest BCUT2D eigenvalue weighted by Crippen LogP contribution is -2.36. The molecule has 1 fully saturated rings. The minimum absolute atomic E-state index is 0.0258. The highest BCUT2D eigenvalue weighted by Gasteiger charge is 2.28. The molecule has 118 valence electrons. The van der Waals surface area contributed by atoms with Gasteiger partial charge >= 0.3 is 0 Å². The Morgan fingerprint density at radius 3 is 2.18 bits per heavy atom.